The number of nitrogens with zero attached hydrogens (tertiary/aromatic N) is 3. The van der Waals surface area contributed by atoms with Gasteiger partial charge in [-0.15, -0.1) is 0 Å². The number of halogens is 1. The zero-order valence-electron chi connectivity index (χ0n) is 11.8. The van der Waals surface area contributed by atoms with Crippen LogP contribution in [0.25, 0.3) is 0 Å². The van der Waals surface area contributed by atoms with E-state index in [-0.39, 0.29) is 6.61 Å². The van der Waals surface area contributed by atoms with Gasteiger partial charge in [-0.2, -0.15) is 0 Å². The lowest BCUT2D eigenvalue weighted by atomic mass is 10.1. The summed E-state index contributed by atoms with van der Waals surface area (Å²) < 4.78 is 0.928. The second-order valence-electron chi connectivity index (χ2n) is 5.78. The van der Waals surface area contributed by atoms with E-state index in [1.54, 1.807) is 0 Å². The summed E-state index contributed by atoms with van der Waals surface area (Å²) in [7, 11) is 0. The van der Waals surface area contributed by atoms with E-state index in [1.807, 2.05) is 12.3 Å². The molecular formula is C15H22BrN3O. The van der Waals surface area contributed by atoms with Crippen LogP contribution in [0.1, 0.15) is 31.2 Å². The molecule has 1 aromatic heterocycles. The molecule has 0 bridgehead atoms. The van der Waals surface area contributed by atoms with Gasteiger partial charge in [0.15, 0.2) is 0 Å². The Kier molecular flexibility index (Phi) is 4.58. The van der Waals surface area contributed by atoms with E-state index >= 15 is 0 Å². The van der Waals surface area contributed by atoms with Crippen molar-refractivity contribution in [1.82, 2.24) is 9.88 Å². The van der Waals surface area contributed by atoms with Gasteiger partial charge in [-0.25, -0.2) is 4.98 Å². The molecule has 1 N–H and O–H groups in total. The molecule has 4 nitrogen and oxygen atoms in total. The summed E-state index contributed by atoms with van der Waals surface area (Å²) in [5, 5.41) is 9.52. The van der Waals surface area contributed by atoms with E-state index in [4.69, 9.17) is 0 Å². The monoisotopic (exact) mass is 339 g/mol. The Labute approximate surface area is 128 Å². The van der Waals surface area contributed by atoms with Crippen molar-refractivity contribution in [2.75, 3.05) is 31.1 Å². The molecule has 3 rings (SSSR count). The predicted octanol–water partition coefficient (Wildman–Crippen LogP) is 2.40. The Morgan fingerprint density at radius 1 is 1.25 bits per heavy atom. The lowest BCUT2D eigenvalue weighted by Crippen LogP contribution is -2.41. The Morgan fingerprint density at radius 2 is 2.05 bits per heavy atom. The third kappa shape index (κ3) is 3.00. The Bertz CT molecular complexity index is 462. The molecule has 0 radical (unpaired) electrons. The number of rotatable bonds is 3. The first-order valence-electron chi connectivity index (χ1n) is 7.52. The lowest BCUT2D eigenvalue weighted by Gasteiger charge is -2.32. The number of likely N-dealkylation sites (tertiary alicyclic amines) is 1. The standard InChI is InChI=1S/C15H22BrN3O/c16-13-8-12(11-20)15(17-9-13)19-7-4-14(10-19)18-5-2-1-3-6-18/h8-9,14,20H,1-7,10-11H2. The number of aromatic nitrogens is 1. The van der Waals surface area contributed by atoms with Gasteiger partial charge in [-0.1, -0.05) is 6.42 Å². The van der Waals surface area contributed by atoms with Crippen molar-refractivity contribution in [1.29, 1.82) is 0 Å². The first kappa shape index (κ1) is 14.3. The Balaban J connectivity index is 1.70. The van der Waals surface area contributed by atoms with Crippen LogP contribution in [0.3, 0.4) is 0 Å². The molecule has 0 spiro atoms. The van der Waals surface area contributed by atoms with Gasteiger partial charge in [-0.05, 0) is 54.3 Å². The summed E-state index contributed by atoms with van der Waals surface area (Å²) in [6, 6.07) is 2.63. The summed E-state index contributed by atoms with van der Waals surface area (Å²) >= 11 is 3.42. The van der Waals surface area contributed by atoms with E-state index in [2.05, 4.69) is 30.7 Å². The van der Waals surface area contributed by atoms with Crippen LogP contribution in [0, 0.1) is 0 Å². The molecule has 2 aliphatic heterocycles. The number of aliphatic hydroxyl groups excluding tert-OH is 1. The second kappa shape index (κ2) is 6.41. The fraction of sp³-hybridized carbons (Fsp3) is 0.667. The molecule has 2 saturated heterocycles. The van der Waals surface area contributed by atoms with Crippen LogP contribution in [0.5, 0.6) is 0 Å². The highest BCUT2D eigenvalue weighted by atomic mass is 79.9. The van der Waals surface area contributed by atoms with Crippen LogP contribution in [-0.2, 0) is 6.61 Å². The highest BCUT2D eigenvalue weighted by molar-refractivity contribution is 9.10. The van der Waals surface area contributed by atoms with Gasteiger partial charge in [0, 0.05) is 35.4 Å². The molecule has 20 heavy (non-hydrogen) atoms. The van der Waals surface area contributed by atoms with Crippen LogP contribution >= 0.6 is 15.9 Å². The summed E-state index contributed by atoms with van der Waals surface area (Å²) in [5.74, 6) is 0.954. The SMILES string of the molecule is OCc1cc(Br)cnc1N1CCC(N2CCCCC2)C1. The smallest absolute Gasteiger partial charge is 0.134 e. The maximum Gasteiger partial charge on any atom is 0.134 e. The number of hydrogen-bond donors (Lipinski definition) is 1. The van der Waals surface area contributed by atoms with Gasteiger partial charge in [0.1, 0.15) is 5.82 Å². The third-order valence-electron chi connectivity index (χ3n) is 4.45. The van der Waals surface area contributed by atoms with Gasteiger partial charge in [0.2, 0.25) is 0 Å². The number of aliphatic hydroxyl groups is 1. The molecule has 0 amide bonds. The molecule has 0 aliphatic carbocycles. The minimum absolute atomic E-state index is 0.0483. The van der Waals surface area contributed by atoms with Gasteiger partial charge in [-0.3, -0.25) is 4.90 Å². The molecule has 3 heterocycles. The van der Waals surface area contributed by atoms with Crippen LogP contribution in [0.2, 0.25) is 0 Å². The molecule has 2 aliphatic rings. The second-order valence-corrected chi connectivity index (χ2v) is 6.70. The first-order chi connectivity index (χ1) is 9.78. The fourth-order valence-electron chi connectivity index (χ4n) is 3.39. The molecule has 2 fully saturated rings. The molecule has 0 aromatic carbocycles. The van der Waals surface area contributed by atoms with Crippen molar-refractivity contribution in [3.05, 3.63) is 22.3 Å². The zero-order valence-corrected chi connectivity index (χ0v) is 13.3. The molecule has 0 saturated carbocycles. The fourth-order valence-corrected chi connectivity index (χ4v) is 3.77. The van der Waals surface area contributed by atoms with Gasteiger partial charge < -0.3 is 10.0 Å². The topological polar surface area (TPSA) is 39.6 Å². The molecule has 110 valence electrons. The summed E-state index contributed by atoms with van der Waals surface area (Å²) in [6.45, 7) is 4.63. The quantitative estimate of drug-likeness (QED) is 0.917. The van der Waals surface area contributed by atoms with E-state index < -0.39 is 0 Å². The number of hydrogen-bond acceptors (Lipinski definition) is 4. The highest BCUT2D eigenvalue weighted by Gasteiger charge is 2.29. The third-order valence-corrected chi connectivity index (χ3v) is 4.88. The molecule has 1 aromatic rings. The minimum atomic E-state index is 0.0483. The van der Waals surface area contributed by atoms with Gasteiger partial charge >= 0.3 is 0 Å². The average Bonchev–Trinajstić information content (AvgIpc) is 2.97. The van der Waals surface area contributed by atoms with E-state index in [0.29, 0.717) is 6.04 Å². The van der Waals surface area contributed by atoms with Crippen molar-refractivity contribution >= 4 is 21.7 Å². The van der Waals surface area contributed by atoms with Crippen molar-refractivity contribution < 1.29 is 5.11 Å². The Hall–Kier alpha value is -0.650. The van der Waals surface area contributed by atoms with Gasteiger partial charge in [0.05, 0.1) is 6.61 Å². The van der Waals surface area contributed by atoms with E-state index in [1.165, 1.54) is 38.8 Å². The van der Waals surface area contributed by atoms with Crippen LogP contribution in [0.15, 0.2) is 16.7 Å². The van der Waals surface area contributed by atoms with Crippen molar-refractivity contribution in [2.24, 2.45) is 0 Å². The first-order valence-corrected chi connectivity index (χ1v) is 8.31. The number of piperidine rings is 1. The van der Waals surface area contributed by atoms with Gasteiger partial charge in [0.25, 0.3) is 0 Å². The zero-order chi connectivity index (χ0) is 13.9. The summed E-state index contributed by atoms with van der Waals surface area (Å²) in [6.07, 6.45) is 7.10. The van der Waals surface area contributed by atoms with Crippen LogP contribution in [0.4, 0.5) is 5.82 Å². The largest absolute Gasteiger partial charge is 0.392 e. The normalized spacial score (nSPS) is 24.3. The number of anilines is 1. The van der Waals surface area contributed by atoms with Crippen LogP contribution in [-0.4, -0.2) is 47.2 Å². The number of pyridine rings is 1. The average molecular weight is 340 g/mol. The van der Waals surface area contributed by atoms with E-state index in [0.717, 1.165) is 28.9 Å². The van der Waals surface area contributed by atoms with Crippen molar-refractivity contribution in [2.45, 2.75) is 38.3 Å². The minimum Gasteiger partial charge on any atom is -0.392 e. The predicted molar refractivity (Wildman–Crippen MR) is 83.9 cm³/mol. The highest BCUT2D eigenvalue weighted by Crippen LogP contribution is 2.27. The maximum absolute atomic E-state index is 9.52. The maximum atomic E-state index is 9.52. The van der Waals surface area contributed by atoms with E-state index in [9.17, 15) is 5.11 Å². The van der Waals surface area contributed by atoms with Crippen molar-refractivity contribution in [3.63, 3.8) is 0 Å². The molecular weight excluding hydrogens is 318 g/mol. The molecule has 1 atom stereocenters. The Morgan fingerprint density at radius 3 is 2.80 bits per heavy atom. The molecule has 5 heteroatoms. The summed E-state index contributed by atoms with van der Waals surface area (Å²) in [4.78, 5) is 9.48. The summed E-state index contributed by atoms with van der Waals surface area (Å²) in [5.41, 5.74) is 0.915. The molecule has 1 unspecified atom stereocenters. The lowest BCUT2D eigenvalue weighted by molar-refractivity contribution is 0.174. The van der Waals surface area contributed by atoms with Crippen molar-refractivity contribution in [3.8, 4) is 0 Å². The van der Waals surface area contributed by atoms with Crippen LogP contribution < -0.4 is 4.90 Å².